The lowest BCUT2D eigenvalue weighted by molar-refractivity contribution is 0.602. The topological polar surface area (TPSA) is 51.8 Å². The standard InChI is InChI=1S/C15H19N3/c1-3-4-14(16)15-17-9-13(10-18-15)12-7-5-11(2)6-8-12/h5-10,14H,3-4,16H2,1-2H3. The van der Waals surface area contributed by atoms with Crippen molar-refractivity contribution in [3.05, 3.63) is 48.0 Å². The molecule has 94 valence electrons. The van der Waals surface area contributed by atoms with Gasteiger partial charge in [-0.15, -0.1) is 0 Å². The van der Waals surface area contributed by atoms with Gasteiger partial charge in [-0.05, 0) is 18.9 Å². The molecule has 0 spiro atoms. The Morgan fingerprint density at radius 1 is 1.06 bits per heavy atom. The first kappa shape index (κ1) is 12.7. The molecular formula is C15H19N3. The van der Waals surface area contributed by atoms with Crippen molar-refractivity contribution in [2.75, 3.05) is 0 Å². The van der Waals surface area contributed by atoms with Crippen molar-refractivity contribution in [2.45, 2.75) is 32.7 Å². The molecular weight excluding hydrogens is 222 g/mol. The fourth-order valence-electron chi connectivity index (χ4n) is 1.86. The summed E-state index contributed by atoms with van der Waals surface area (Å²) in [6, 6.07) is 8.29. The molecule has 1 heterocycles. The van der Waals surface area contributed by atoms with E-state index >= 15 is 0 Å². The molecule has 1 atom stereocenters. The Hall–Kier alpha value is -1.74. The molecule has 2 rings (SSSR count). The monoisotopic (exact) mass is 241 g/mol. The van der Waals surface area contributed by atoms with Crippen molar-refractivity contribution in [3.8, 4) is 11.1 Å². The molecule has 1 aromatic heterocycles. The van der Waals surface area contributed by atoms with E-state index in [1.165, 1.54) is 5.56 Å². The molecule has 3 nitrogen and oxygen atoms in total. The molecule has 2 N–H and O–H groups in total. The summed E-state index contributed by atoms with van der Waals surface area (Å²) in [6.07, 6.45) is 5.67. The quantitative estimate of drug-likeness (QED) is 0.894. The van der Waals surface area contributed by atoms with Crippen molar-refractivity contribution in [1.82, 2.24) is 9.97 Å². The van der Waals surface area contributed by atoms with Gasteiger partial charge in [0.05, 0.1) is 6.04 Å². The molecule has 0 bridgehead atoms. The van der Waals surface area contributed by atoms with E-state index in [9.17, 15) is 0 Å². The lowest BCUT2D eigenvalue weighted by Crippen LogP contribution is -2.13. The number of hydrogen-bond donors (Lipinski definition) is 1. The Morgan fingerprint density at radius 3 is 2.22 bits per heavy atom. The van der Waals surface area contributed by atoms with E-state index in [4.69, 9.17) is 5.73 Å². The average molecular weight is 241 g/mol. The summed E-state index contributed by atoms with van der Waals surface area (Å²) in [5.41, 5.74) is 9.41. The number of aryl methyl sites for hydroxylation is 1. The molecule has 1 unspecified atom stereocenters. The highest BCUT2D eigenvalue weighted by Gasteiger charge is 2.08. The fraction of sp³-hybridized carbons (Fsp3) is 0.333. The van der Waals surface area contributed by atoms with E-state index in [1.54, 1.807) is 0 Å². The van der Waals surface area contributed by atoms with E-state index < -0.39 is 0 Å². The third-order valence-corrected chi connectivity index (χ3v) is 2.99. The maximum atomic E-state index is 5.99. The molecule has 0 aliphatic heterocycles. The summed E-state index contributed by atoms with van der Waals surface area (Å²) >= 11 is 0. The zero-order valence-electron chi connectivity index (χ0n) is 10.9. The third-order valence-electron chi connectivity index (χ3n) is 2.99. The van der Waals surface area contributed by atoms with Crippen LogP contribution < -0.4 is 5.73 Å². The van der Waals surface area contributed by atoms with Gasteiger partial charge in [0.15, 0.2) is 0 Å². The van der Waals surface area contributed by atoms with Crippen LogP contribution in [0.4, 0.5) is 0 Å². The predicted molar refractivity (Wildman–Crippen MR) is 74.0 cm³/mol. The van der Waals surface area contributed by atoms with Crippen molar-refractivity contribution in [1.29, 1.82) is 0 Å². The van der Waals surface area contributed by atoms with Crippen LogP contribution in [-0.4, -0.2) is 9.97 Å². The van der Waals surface area contributed by atoms with Crippen molar-refractivity contribution in [3.63, 3.8) is 0 Å². The second-order valence-electron chi connectivity index (χ2n) is 4.59. The smallest absolute Gasteiger partial charge is 0.144 e. The number of nitrogens with two attached hydrogens (primary N) is 1. The van der Waals surface area contributed by atoms with Gasteiger partial charge in [-0.1, -0.05) is 43.2 Å². The Morgan fingerprint density at radius 2 is 1.67 bits per heavy atom. The summed E-state index contributed by atoms with van der Waals surface area (Å²) < 4.78 is 0. The molecule has 0 aliphatic rings. The molecule has 0 amide bonds. The van der Waals surface area contributed by atoms with Crippen LogP contribution in [0.5, 0.6) is 0 Å². The van der Waals surface area contributed by atoms with E-state index in [2.05, 4.69) is 48.1 Å². The van der Waals surface area contributed by atoms with Crippen LogP contribution in [0.3, 0.4) is 0 Å². The molecule has 0 aliphatic carbocycles. The maximum absolute atomic E-state index is 5.99. The van der Waals surface area contributed by atoms with Gasteiger partial charge in [0, 0.05) is 18.0 Å². The van der Waals surface area contributed by atoms with Gasteiger partial charge in [-0.3, -0.25) is 0 Å². The SMILES string of the molecule is CCCC(N)c1ncc(-c2ccc(C)cc2)cn1. The largest absolute Gasteiger partial charge is 0.321 e. The summed E-state index contributed by atoms with van der Waals surface area (Å²) in [7, 11) is 0. The molecule has 3 heteroatoms. The van der Waals surface area contributed by atoms with Crippen LogP contribution in [-0.2, 0) is 0 Å². The van der Waals surface area contributed by atoms with Gasteiger partial charge in [-0.25, -0.2) is 9.97 Å². The Balaban J connectivity index is 2.19. The lowest BCUT2D eigenvalue weighted by atomic mass is 10.1. The first-order valence-electron chi connectivity index (χ1n) is 6.35. The first-order valence-corrected chi connectivity index (χ1v) is 6.35. The molecule has 0 saturated heterocycles. The Bertz CT molecular complexity index is 488. The number of benzene rings is 1. The Kier molecular flexibility index (Phi) is 4.05. The van der Waals surface area contributed by atoms with Crippen LogP contribution in [0.1, 0.15) is 37.2 Å². The van der Waals surface area contributed by atoms with E-state index in [0.29, 0.717) is 0 Å². The molecule has 0 radical (unpaired) electrons. The van der Waals surface area contributed by atoms with Gasteiger partial charge >= 0.3 is 0 Å². The molecule has 0 saturated carbocycles. The molecule has 18 heavy (non-hydrogen) atoms. The second kappa shape index (κ2) is 5.74. The van der Waals surface area contributed by atoms with Gasteiger partial charge in [0.25, 0.3) is 0 Å². The van der Waals surface area contributed by atoms with Crippen LogP contribution in [0.2, 0.25) is 0 Å². The highest BCUT2D eigenvalue weighted by atomic mass is 14.9. The highest BCUT2D eigenvalue weighted by Crippen LogP contribution is 2.19. The molecule has 0 fully saturated rings. The first-order chi connectivity index (χ1) is 8.70. The average Bonchev–Trinajstić information content (AvgIpc) is 2.40. The number of nitrogens with zero attached hydrogens (tertiary/aromatic N) is 2. The number of aromatic nitrogens is 2. The van der Waals surface area contributed by atoms with E-state index in [-0.39, 0.29) is 6.04 Å². The van der Waals surface area contributed by atoms with Gasteiger partial charge in [0.2, 0.25) is 0 Å². The summed E-state index contributed by atoms with van der Waals surface area (Å²) in [6.45, 7) is 4.19. The van der Waals surface area contributed by atoms with Crippen LogP contribution in [0.15, 0.2) is 36.7 Å². The summed E-state index contributed by atoms with van der Waals surface area (Å²) in [4.78, 5) is 8.72. The van der Waals surface area contributed by atoms with Crippen LogP contribution in [0.25, 0.3) is 11.1 Å². The van der Waals surface area contributed by atoms with Crippen molar-refractivity contribution >= 4 is 0 Å². The summed E-state index contributed by atoms with van der Waals surface area (Å²) in [5, 5.41) is 0. The minimum atomic E-state index is -0.0536. The predicted octanol–water partition coefficient (Wildman–Crippen LogP) is 3.25. The maximum Gasteiger partial charge on any atom is 0.144 e. The van der Waals surface area contributed by atoms with Crippen molar-refractivity contribution in [2.24, 2.45) is 5.73 Å². The van der Waals surface area contributed by atoms with Gasteiger partial charge in [0.1, 0.15) is 5.82 Å². The fourth-order valence-corrected chi connectivity index (χ4v) is 1.86. The second-order valence-corrected chi connectivity index (χ2v) is 4.59. The van der Waals surface area contributed by atoms with Crippen LogP contribution >= 0.6 is 0 Å². The molecule has 2 aromatic rings. The number of rotatable bonds is 4. The normalized spacial score (nSPS) is 12.4. The van der Waals surface area contributed by atoms with Crippen LogP contribution in [0, 0.1) is 6.92 Å². The zero-order chi connectivity index (χ0) is 13.0. The summed E-state index contributed by atoms with van der Waals surface area (Å²) in [5.74, 6) is 0.729. The van der Waals surface area contributed by atoms with E-state index in [1.807, 2.05) is 12.4 Å². The third kappa shape index (κ3) is 2.93. The zero-order valence-corrected chi connectivity index (χ0v) is 10.9. The highest BCUT2D eigenvalue weighted by molar-refractivity contribution is 5.61. The minimum Gasteiger partial charge on any atom is -0.321 e. The van der Waals surface area contributed by atoms with Crippen molar-refractivity contribution < 1.29 is 0 Å². The molecule has 1 aromatic carbocycles. The minimum absolute atomic E-state index is 0.0536. The van der Waals surface area contributed by atoms with Gasteiger partial charge < -0.3 is 5.73 Å². The van der Waals surface area contributed by atoms with Gasteiger partial charge in [-0.2, -0.15) is 0 Å². The lowest BCUT2D eigenvalue weighted by Gasteiger charge is -2.09. The Labute approximate surface area is 108 Å². The van der Waals surface area contributed by atoms with E-state index in [0.717, 1.165) is 29.8 Å². The number of hydrogen-bond acceptors (Lipinski definition) is 3.